The maximum absolute atomic E-state index is 13.4. The predicted octanol–water partition coefficient (Wildman–Crippen LogP) is 4.35. The zero-order valence-electron chi connectivity index (χ0n) is 9.50. The van der Waals surface area contributed by atoms with E-state index < -0.39 is 6.10 Å². The van der Waals surface area contributed by atoms with Gasteiger partial charge in [0, 0.05) is 15.3 Å². The highest BCUT2D eigenvalue weighted by atomic mass is 79.9. The number of halogens is 2. The lowest BCUT2D eigenvalue weighted by Gasteiger charge is -2.13. The summed E-state index contributed by atoms with van der Waals surface area (Å²) in [7, 11) is 0. The summed E-state index contributed by atoms with van der Waals surface area (Å²) in [4.78, 5) is 2.20. The van der Waals surface area contributed by atoms with Crippen molar-refractivity contribution in [2.24, 2.45) is 0 Å². The van der Waals surface area contributed by atoms with Crippen LogP contribution in [0.15, 0.2) is 28.7 Å². The molecule has 0 radical (unpaired) electrons. The van der Waals surface area contributed by atoms with Crippen LogP contribution in [0.3, 0.4) is 0 Å². The zero-order chi connectivity index (χ0) is 12.6. The van der Waals surface area contributed by atoms with E-state index in [4.69, 9.17) is 0 Å². The van der Waals surface area contributed by atoms with Crippen molar-refractivity contribution in [3.63, 3.8) is 0 Å². The van der Waals surface area contributed by atoms with Crippen LogP contribution >= 0.6 is 27.3 Å². The molecule has 1 heterocycles. The van der Waals surface area contributed by atoms with Crippen LogP contribution in [-0.4, -0.2) is 5.11 Å². The fourth-order valence-corrected chi connectivity index (χ4v) is 3.26. The van der Waals surface area contributed by atoms with Gasteiger partial charge in [0.2, 0.25) is 0 Å². The third-order valence-electron chi connectivity index (χ3n) is 2.65. The number of hydrogen-bond acceptors (Lipinski definition) is 2. The molecule has 1 aromatic heterocycles. The molecule has 0 fully saturated rings. The first-order valence-electron chi connectivity index (χ1n) is 5.19. The molecular formula is C13H12BrFOS. The van der Waals surface area contributed by atoms with E-state index in [2.05, 4.69) is 15.9 Å². The molecule has 0 aliphatic rings. The molecule has 2 aromatic rings. The predicted molar refractivity (Wildman–Crippen MR) is 72.0 cm³/mol. The van der Waals surface area contributed by atoms with Gasteiger partial charge in [-0.1, -0.05) is 12.1 Å². The minimum Gasteiger partial charge on any atom is -0.384 e. The summed E-state index contributed by atoms with van der Waals surface area (Å²) in [5.41, 5.74) is 1.41. The first kappa shape index (κ1) is 12.7. The second-order valence-electron chi connectivity index (χ2n) is 3.91. The first-order chi connectivity index (χ1) is 8.00. The van der Waals surface area contributed by atoms with Crippen LogP contribution < -0.4 is 0 Å². The van der Waals surface area contributed by atoms with Crippen LogP contribution in [0, 0.1) is 19.7 Å². The van der Waals surface area contributed by atoms with E-state index in [1.54, 1.807) is 23.5 Å². The van der Waals surface area contributed by atoms with Crippen molar-refractivity contribution in [2.75, 3.05) is 0 Å². The minimum absolute atomic E-state index is 0.329. The van der Waals surface area contributed by atoms with Crippen LogP contribution in [0.25, 0.3) is 0 Å². The molecule has 4 heteroatoms. The van der Waals surface area contributed by atoms with Gasteiger partial charge >= 0.3 is 0 Å². The Kier molecular flexibility index (Phi) is 3.66. The molecule has 1 unspecified atom stereocenters. The average Bonchev–Trinajstić information content (AvgIpc) is 2.61. The second kappa shape index (κ2) is 4.88. The van der Waals surface area contributed by atoms with Crippen LogP contribution in [-0.2, 0) is 0 Å². The fourth-order valence-electron chi connectivity index (χ4n) is 1.82. The van der Waals surface area contributed by atoms with Gasteiger partial charge in [0.25, 0.3) is 0 Å². The van der Waals surface area contributed by atoms with Crippen LogP contribution in [0.4, 0.5) is 4.39 Å². The van der Waals surface area contributed by atoms with Crippen molar-refractivity contribution < 1.29 is 9.50 Å². The Labute approximate surface area is 112 Å². The summed E-state index contributed by atoms with van der Waals surface area (Å²) in [5, 5.41) is 10.3. The molecule has 1 nitrogen and oxygen atoms in total. The summed E-state index contributed by atoms with van der Waals surface area (Å²) >= 11 is 4.81. The highest BCUT2D eigenvalue weighted by Gasteiger charge is 2.19. The molecule has 0 saturated carbocycles. The number of thiophene rings is 1. The van der Waals surface area contributed by atoms with Gasteiger partial charge in [0.1, 0.15) is 11.9 Å². The van der Waals surface area contributed by atoms with Gasteiger partial charge in [0.15, 0.2) is 0 Å². The number of aryl methyl sites for hydroxylation is 2. The van der Waals surface area contributed by atoms with E-state index in [9.17, 15) is 9.50 Å². The van der Waals surface area contributed by atoms with Crippen LogP contribution in [0.5, 0.6) is 0 Å². The fraction of sp³-hybridized carbons (Fsp3) is 0.231. The Morgan fingerprint density at radius 2 is 2.00 bits per heavy atom. The topological polar surface area (TPSA) is 20.2 Å². The minimum atomic E-state index is -0.787. The van der Waals surface area contributed by atoms with Crippen LogP contribution in [0.1, 0.15) is 27.0 Å². The third kappa shape index (κ3) is 2.44. The Balaban J connectivity index is 2.47. The highest BCUT2D eigenvalue weighted by Crippen LogP contribution is 2.34. The largest absolute Gasteiger partial charge is 0.384 e. The molecule has 0 amide bonds. The quantitative estimate of drug-likeness (QED) is 0.873. The summed E-state index contributed by atoms with van der Waals surface area (Å²) in [6.45, 7) is 3.96. The molecular weight excluding hydrogens is 303 g/mol. The Morgan fingerprint density at radius 1 is 1.29 bits per heavy atom. The van der Waals surface area contributed by atoms with E-state index >= 15 is 0 Å². The SMILES string of the molecule is Cc1cc(C(O)c2cccc(F)c2Br)c(C)s1. The van der Waals surface area contributed by atoms with Gasteiger partial charge in [-0.2, -0.15) is 0 Å². The number of aliphatic hydroxyl groups is 1. The van der Waals surface area contributed by atoms with Crippen molar-refractivity contribution in [1.29, 1.82) is 0 Å². The maximum Gasteiger partial charge on any atom is 0.137 e. The molecule has 17 heavy (non-hydrogen) atoms. The molecule has 90 valence electrons. The molecule has 0 bridgehead atoms. The average molecular weight is 315 g/mol. The van der Waals surface area contributed by atoms with Crippen molar-refractivity contribution in [3.8, 4) is 0 Å². The molecule has 1 atom stereocenters. The van der Waals surface area contributed by atoms with E-state index in [1.165, 1.54) is 6.07 Å². The number of aliphatic hydroxyl groups excluding tert-OH is 1. The number of rotatable bonds is 2. The summed E-state index contributed by atoms with van der Waals surface area (Å²) in [6.07, 6.45) is -0.787. The Hall–Kier alpha value is -0.710. The van der Waals surface area contributed by atoms with Crippen molar-refractivity contribution in [2.45, 2.75) is 20.0 Å². The standard InChI is InChI=1S/C13H12BrFOS/c1-7-6-10(8(2)17-7)13(16)9-4-3-5-11(15)12(9)14/h3-6,13,16H,1-2H3. The Morgan fingerprint density at radius 3 is 2.59 bits per heavy atom. The lowest BCUT2D eigenvalue weighted by Crippen LogP contribution is -2.01. The second-order valence-corrected chi connectivity index (χ2v) is 6.17. The molecule has 0 saturated heterocycles. The highest BCUT2D eigenvalue weighted by molar-refractivity contribution is 9.10. The molecule has 1 N–H and O–H groups in total. The third-order valence-corrected chi connectivity index (χ3v) is 4.47. The van der Waals surface area contributed by atoms with Crippen molar-refractivity contribution in [1.82, 2.24) is 0 Å². The van der Waals surface area contributed by atoms with Gasteiger partial charge in [-0.3, -0.25) is 0 Å². The van der Waals surface area contributed by atoms with E-state index in [0.717, 1.165) is 15.3 Å². The van der Waals surface area contributed by atoms with E-state index in [0.29, 0.717) is 10.0 Å². The zero-order valence-corrected chi connectivity index (χ0v) is 11.9. The van der Waals surface area contributed by atoms with E-state index in [-0.39, 0.29) is 5.82 Å². The van der Waals surface area contributed by atoms with Gasteiger partial charge < -0.3 is 5.11 Å². The van der Waals surface area contributed by atoms with Gasteiger partial charge in [0.05, 0.1) is 4.47 Å². The maximum atomic E-state index is 13.4. The summed E-state index contributed by atoms with van der Waals surface area (Å²) in [5.74, 6) is -0.355. The summed E-state index contributed by atoms with van der Waals surface area (Å²) in [6, 6.07) is 6.64. The van der Waals surface area contributed by atoms with Crippen LogP contribution in [0.2, 0.25) is 0 Å². The normalized spacial score (nSPS) is 12.8. The molecule has 1 aromatic carbocycles. The van der Waals surface area contributed by atoms with E-state index in [1.807, 2.05) is 19.9 Å². The Bertz CT molecular complexity index is 550. The lowest BCUT2D eigenvalue weighted by molar-refractivity contribution is 0.218. The molecule has 0 spiro atoms. The summed E-state index contributed by atoms with van der Waals surface area (Å²) < 4.78 is 13.7. The van der Waals surface area contributed by atoms with Crippen molar-refractivity contribution >= 4 is 27.3 Å². The smallest absolute Gasteiger partial charge is 0.137 e. The number of hydrogen-bond donors (Lipinski definition) is 1. The van der Waals surface area contributed by atoms with Gasteiger partial charge in [-0.05, 0) is 47.5 Å². The van der Waals surface area contributed by atoms with Crippen molar-refractivity contribution in [3.05, 3.63) is 55.4 Å². The first-order valence-corrected chi connectivity index (χ1v) is 6.80. The molecule has 0 aliphatic carbocycles. The number of benzene rings is 1. The molecule has 2 rings (SSSR count). The monoisotopic (exact) mass is 314 g/mol. The lowest BCUT2D eigenvalue weighted by atomic mass is 10.0. The van der Waals surface area contributed by atoms with Gasteiger partial charge in [-0.25, -0.2) is 4.39 Å². The molecule has 0 aliphatic heterocycles. The van der Waals surface area contributed by atoms with Gasteiger partial charge in [-0.15, -0.1) is 11.3 Å².